The van der Waals surface area contributed by atoms with Crippen molar-refractivity contribution in [2.24, 2.45) is 10.7 Å². The number of nitrogens with zero attached hydrogens (tertiary/aromatic N) is 1. The number of aromatic hydroxyl groups is 1. The predicted octanol–water partition coefficient (Wildman–Crippen LogP) is 7.77. The van der Waals surface area contributed by atoms with Crippen LogP contribution in [0.15, 0.2) is 163 Å². The molecule has 10 N–H and O–H groups in total. The Balaban J connectivity index is 1.23. The number of alkyl carbamates (subject to hydrolysis) is 4. The highest BCUT2D eigenvalue weighted by atomic mass is 35.5. The number of halogens is 1. The molecule has 458 valence electrons. The maximum absolute atomic E-state index is 14.9. The van der Waals surface area contributed by atoms with E-state index in [1.807, 2.05) is 0 Å². The van der Waals surface area contributed by atoms with Crippen molar-refractivity contribution in [2.45, 2.75) is 109 Å². The summed E-state index contributed by atoms with van der Waals surface area (Å²) in [6.45, 7) is 2.93. The van der Waals surface area contributed by atoms with Crippen LogP contribution in [0, 0.1) is 13.8 Å². The summed E-state index contributed by atoms with van der Waals surface area (Å²) in [6, 6.07) is 39.8. The lowest BCUT2D eigenvalue weighted by Crippen LogP contribution is -2.58. The summed E-state index contributed by atoms with van der Waals surface area (Å²) in [5.74, 6) is -3.69. The number of phenolic OH excluding ortho intramolecular Hbond substituents is 1. The van der Waals surface area contributed by atoms with Crippen LogP contribution in [0.5, 0.6) is 5.75 Å². The van der Waals surface area contributed by atoms with Crippen LogP contribution < -0.4 is 43.0 Å². The van der Waals surface area contributed by atoms with Gasteiger partial charge in [-0.2, -0.15) is 0 Å². The van der Waals surface area contributed by atoms with Gasteiger partial charge in [0.1, 0.15) is 56.3 Å². The van der Waals surface area contributed by atoms with Gasteiger partial charge in [0, 0.05) is 36.5 Å². The van der Waals surface area contributed by atoms with Crippen LogP contribution >= 0.6 is 11.6 Å². The number of amides is 8. The Morgan fingerprint density at radius 2 is 0.931 bits per heavy atom. The number of primary amides is 1. The van der Waals surface area contributed by atoms with Crippen LogP contribution in [0.3, 0.4) is 0 Å². The van der Waals surface area contributed by atoms with Gasteiger partial charge >= 0.3 is 24.4 Å². The molecule has 4 atom stereocenters. The SMILES string of the molecule is Cc1cc(O)cc(C)c1CC(NC(=O)C(CCCN=C(NC(=O)OCc1ccccc1)NC(=O)OCc1ccccc1)NC(=O)OCc1ccccc1)C(=O)NC(CCCCNC(=O)OCc1ccccc1Cl)C(=O)NC(Cc1ccccc1)C(N)=O. The van der Waals surface area contributed by atoms with Gasteiger partial charge in [0.15, 0.2) is 0 Å². The Bertz CT molecular complexity index is 3190. The standard InChI is InChI=1S/C64H72ClN9O13/c1-42-34-49(75)35-43(2)50(42)37-55(59(79)69-52(57(77)70-54(56(66)76)36-44-20-7-3-8-21-44)30-17-18-32-68-61(80)87-41-48-28-15-16-29-51(48)65)71-58(78)53(72-62(81)84-38-45-22-9-4-10-23-45)31-19-33-67-60(73-63(82)85-39-46-24-11-5-12-25-46)74-64(83)86-40-47-26-13-6-14-27-47/h3-16,20-29,34-35,52-55,75H,17-19,30-33,36-41H2,1-2H3,(H2,66,76)(H,68,80)(H,69,79)(H,70,77)(H,71,78)(H,72,81)(H2,67,73,74,82,83). The first-order chi connectivity index (χ1) is 42.0. The number of nitrogens with one attached hydrogen (secondary N) is 7. The summed E-state index contributed by atoms with van der Waals surface area (Å²) in [7, 11) is 0. The van der Waals surface area contributed by atoms with Crippen molar-refractivity contribution in [3.63, 3.8) is 0 Å². The molecule has 0 radical (unpaired) electrons. The van der Waals surface area contributed by atoms with E-state index in [0.29, 0.717) is 56.0 Å². The minimum atomic E-state index is -1.47. The number of phenols is 1. The molecule has 0 spiro atoms. The van der Waals surface area contributed by atoms with E-state index in [4.69, 9.17) is 36.3 Å². The van der Waals surface area contributed by atoms with Crippen molar-refractivity contribution >= 4 is 65.6 Å². The molecular weight excluding hydrogens is 1140 g/mol. The van der Waals surface area contributed by atoms with Crippen molar-refractivity contribution in [2.75, 3.05) is 13.1 Å². The molecule has 0 aliphatic heterocycles. The van der Waals surface area contributed by atoms with Crippen molar-refractivity contribution in [1.82, 2.24) is 37.2 Å². The second-order valence-corrected chi connectivity index (χ2v) is 20.5. The Hall–Kier alpha value is -9.96. The van der Waals surface area contributed by atoms with Crippen molar-refractivity contribution in [1.29, 1.82) is 0 Å². The lowest BCUT2D eigenvalue weighted by atomic mass is 9.95. The molecule has 0 heterocycles. The normalized spacial score (nSPS) is 12.0. The predicted molar refractivity (Wildman–Crippen MR) is 325 cm³/mol. The number of benzene rings is 6. The molecule has 0 bridgehead atoms. The Labute approximate surface area is 509 Å². The van der Waals surface area contributed by atoms with Crippen LogP contribution in [0.2, 0.25) is 5.02 Å². The van der Waals surface area contributed by atoms with E-state index >= 15 is 0 Å². The number of ether oxygens (including phenoxy) is 4. The van der Waals surface area contributed by atoms with Gasteiger partial charge in [0.2, 0.25) is 29.6 Å². The number of rotatable bonds is 29. The van der Waals surface area contributed by atoms with Crippen LogP contribution in [-0.4, -0.2) is 96.3 Å². The Morgan fingerprint density at radius 3 is 1.46 bits per heavy atom. The zero-order valence-corrected chi connectivity index (χ0v) is 49.0. The van der Waals surface area contributed by atoms with Crippen LogP contribution in [0.4, 0.5) is 19.2 Å². The summed E-state index contributed by atoms with van der Waals surface area (Å²) in [5.41, 5.74) is 10.9. The largest absolute Gasteiger partial charge is 0.508 e. The van der Waals surface area contributed by atoms with E-state index in [-0.39, 0.29) is 89.8 Å². The molecule has 6 aromatic rings. The van der Waals surface area contributed by atoms with Crippen molar-refractivity contribution in [3.05, 3.63) is 207 Å². The average Bonchev–Trinajstić information content (AvgIpc) is 2.91. The van der Waals surface area contributed by atoms with E-state index in [1.165, 1.54) is 12.1 Å². The highest BCUT2D eigenvalue weighted by molar-refractivity contribution is 6.31. The van der Waals surface area contributed by atoms with Crippen LogP contribution in [0.1, 0.15) is 76.6 Å². The maximum Gasteiger partial charge on any atom is 0.414 e. The molecular formula is C64H72ClN9O13. The molecule has 23 heteroatoms. The zero-order valence-electron chi connectivity index (χ0n) is 48.3. The Morgan fingerprint density at radius 1 is 0.494 bits per heavy atom. The number of guanidine groups is 1. The average molecular weight is 1210 g/mol. The van der Waals surface area contributed by atoms with E-state index in [1.54, 1.807) is 159 Å². The number of hydrogen-bond acceptors (Lipinski definition) is 14. The fourth-order valence-electron chi connectivity index (χ4n) is 8.82. The molecule has 0 saturated heterocycles. The molecule has 87 heavy (non-hydrogen) atoms. The first-order valence-electron chi connectivity index (χ1n) is 28.1. The van der Waals surface area contributed by atoms with Gasteiger partial charge in [-0.05, 0) is 103 Å². The number of aryl methyl sites for hydroxylation is 2. The van der Waals surface area contributed by atoms with Crippen molar-refractivity contribution in [3.8, 4) is 5.75 Å². The topological polar surface area (TPSA) is 316 Å². The highest BCUT2D eigenvalue weighted by Crippen LogP contribution is 2.23. The molecule has 8 amide bonds. The minimum absolute atomic E-state index is 0.00922. The van der Waals surface area contributed by atoms with Crippen LogP contribution in [0.25, 0.3) is 0 Å². The van der Waals surface area contributed by atoms with E-state index in [0.717, 1.165) is 0 Å². The second kappa shape index (κ2) is 35.4. The molecule has 22 nitrogen and oxygen atoms in total. The molecule has 0 aliphatic carbocycles. The summed E-state index contributed by atoms with van der Waals surface area (Å²) >= 11 is 6.21. The van der Waals surface area contributed by atoms with E-state index < -0.39 is 72.2 Å². The molecule has 0 saturated carbocycles. The van der Waals surface area contributed by atoms with Gasteiger partial charge in [0.05, 0.1) is 0 Å². The molecule has 0 aromatic heterocycles. The van der Waals surface area contributed by atoms with Gasteiger partial charge in [0.25, 0.3) is 0 Å². The molecule has 4 unspecified atom stereocenters. The number of unbranched alkanes of at least 4 members (excludes halogenated alkanes) is 1. The molecule has 0 fully saturated rings. The molecule has 0 aliphatic rings. The lowest BCUT2D eigenvalue weighted by Gasteiger charge is -2.27. The minimum Gasteiger partial charge on any atom is -0.508 e. The number of nitrogens with two attached hydrogens (primary N) is 1. The van der Waals surface area contributed by atoms with Crippen LogP contribution in [-0.2, 0) is 77.4 Å². The van der Waals surface area contributed by atoms with Gasteiger partial charge < -0.3 is 56.4 Å². The number of hydrogen-bond donors (Lipinski definition) is 9. The van der Waals surface area contributed by atoms with Crippen molar-refractivity contribution < 1.29 is 62.4 Å². The molecule has 6 rings (SSSR count). The highest BCUT2D eigenvalue weighted by Gasteiger charge is 2.32. The molecule has 6 aromatic carbocycles. The van der Waals surface area contributed by atoms with Gasteiger partial charge in [-0.15, -0.1) is 0 Å². The third-order valence-electron chi connectivity index (χ3n) is 13.4. The fourth-order valence-corrected chi connectivity index (χ4v) is 9.01. The smallest absolute Gasteiger partial charge is 0.414 e. The third-order valence-corrected chi connectivity index (χ3v) is 13.8. The fraction of sp³-hybridized carbons (Fsp3) is 0.297. The summed E-state index contributed by atoms with van der Waals surface area (Å²) in [4.78, 5) is 114. The summed E-state index contributed by atoms with van der Waals surface area (Å²) < 4.78 is 21.6. The second-order valence-electron chi connectivity index (χ2n) is 20.1. The monoisotopic (exact) mass is 1210 g/mol. The van der Waals surface area contributed by atoms with E-state index in [2.05, 4.69) is 42.2 Å². The zero-order chi connectivity index (χ0) is 62.3. The van der Waals surface area contributed by atoms with Gasteiger partial charge in [-0.1, -0.05) is 151 Å². The van der Waals surface area contributed by atoms with Gasteiger partial charge in [-0.25, -0.2) is 19.2 Å². The quantitative estimate of drug-likeness (QED) is 0.00939. The van der Waals surface area contributed by atoms with Gasteiger partial charge in [-0.3, -0.25) is 34.8 Å². The summed E-state index contributed by atoms with van der Waals surface area (Å²) in [6.07, 6.45) is -3.38. The Kier molecular flexibility index (Phi) is 26.9. The lowest BCUT2D eigenvalue weighted by molar-refractivity contribution is -0.133. The van der Waals surface area contributed by atoms with E-state index in [9.17, 15) is 43.5 Å². The number of carbonyl (C=O) groups excluding carboxylic acids is 8. The number of carbonyl (C=O) groups is 8. The summed E-state index contributed by atoms with van der Waals surface area (Å²) in [5, 5.41) is 29.3. The first kappa shape index (κ1) is 66.2. The number of aliphatic imine (C=N–C) groups is 1. The third kappa shape index (κ3) is 23.9. The first-order valence-corrected chi connectivity index (χ1v) is 28.5. The maximum atomic E-state index is 14.9.